The Bertz CT molecular complexity index is 2620. The standard InChI is InChI=1S/C51H53N3O7S2/c1-27(55)59-24-38-35-10-11-36-45-32(19-34(56)21-42(45)58-2)23-51-16-15-28(22-51)17-30-9-14-44(52)54-39(30)8-4-6-31-20-41(57)48-37(46(31)49(38)61-50(35)47(36)51)12-13-40-43(60-48)26-63-62-25-29-5-3-7-33(18-29)53-40/h9-14,19-21,28-29,33,38,40,43,49,53,56-57H,3,5-7,15-18,22-26H2,1-2H3,(H2,52,54). The smallest absolute Gasteiger partial charge is 0.302 e. The van der Waals surface area contributed by atoms with E-state index < -0.39 is 6.10 Å². The van der Waals surface area contributed by atoms with Crippen molar-refractivity contribution in [2.75, 3.05) is 31.0 Å². The van der Waals surface area contributed by atoms with Gasteiger partial charge in [0.05, 0.1) is 19.1 Å². The second-order valence-electron chi connectivity index (χ2n) is 18.7. The molecule has 1 saturated heterocycles. The fourth-order valence-corrected chi connectivity index (χ4v) is 14.7. The van der Waals surface area contributed by atoms with Crippen molar-refractivity contribution in [3.05, 3.63) is 93.2 Å². The predicted molar refractivity (Wildman–Crippen MR) is 248 cm³/mol. The van der Waals surface area contributed by atoms with Crippen LogP contribution < -0.4 is 25.3 Å². The van der Waals surface area contributed by atoms with Gasteiger partial charge in [-0.05, 0) is 110 Å². The van der Waals surface area contributed by atoms with Gasteiger partial charge >= 0.3 is 5.97 Å². The molecule has 11 rings (SSSR count). The molecule has 12 heteroatoms. The number of phenols is 2. The summed E-state index contributed by atoms with van der Waals surface area (Å²) in [6, 6.07) is 14.0. The average Bonchev–Trinajstić information content (AvgIpc) is 3.77. The summed E-state index contributed by atoms with van der Waals surface area (Å²) >= 11 is 0. The van der Waals surface area contributed by atoms with Crippen molar-refractivity contribution in [1.29, 1.82) is 0 Å². The van der Waals surface area contributed by atoms with E-state index in [2.05, 4.69) is 47.5 Å². The second kappa shape index (κ2) is 16.2. The number of aromatic hydroxyl groups is 2. The number of hydrogen-bond acceptors (Lipinski definition) is 12. The average molecular weight is 884 g/mol. The maximum absolute atomic E-state index is 12.7. The number of nitrogens with two attached hydrogens (primary N) is 1. The van der Waals surface area contributed by atoms with Gasteiger partial charge in [-0.2, -0.15) is 0 Å². The molecule has 326 valence electrons. The Labute approximate surface area is 376 Å². The van der Waals surface area contributed by atoms with Crippen LogP contribution in [0.15, 0.2) is 48.5 Å². The first-order valence-corrected chi connectivity index (χ1v) is 25.0. The number of nitrogens with zero attached hydrogens (tertiary/aromatic N) is 1. The third-order valence-corrected chi connectivity index (χ3v) is 17.3. The zero-order chi connectivity index (χ0) is 43.0. The van der Waals surface area contributed by atoms with Crippen molar-refractivity contribution >= 4 is 39.5 Å². The molecule has 3 aliphatic carbocycles. The summed E-state index contributed by atoms with van der Waals surface area (Å²) in [5, 5.41) is 27.0. The number of rotatable bonds is 3. The monoisotopic (exact) mass is 883 g/mol. The number of pyridine rings is 1. The number of nitrogens with one attached hydrogen (secondary N) is 1. The molecule has 1 aromatic heterocycles. The van der Waals surface area contributed by atoms with E-state index in [1.165, 1.54) is 19.8 Å². The SMILES string of the molecule is COc1cc(O)cc2c1-c1ccc3c4c1C1(CCC(Cc5ccc(N)nc5C#CCc5cc(O)c6c(c5C(O4)C3COC(C)=O)C=CC3NC4CCCC(CSSCC3O6)C4)C1)C2. The van der Waals surface area contributed by atoms with Gasteiger partial charge in [-0.25, -0.2) is 4.98 Å². The maximum atomic E-state index is 12.7. The number of ether oxygens (including phenoxy) is 4. The van der Waals surface area contributed by atoms with Crippen LogP contribution in [0.25, 0.3) is 17.2 Å². The van der Waals surface area contributed by atoms with Crippen LogP contribution in [0.3, 0.4) is 0 Å². The molecule has 2 saturated carbocycles. The van der Waals surface area contributed by atoms with Gasteiger partial charge in [-0.1, -0.05) is 64.3 Å². The van der Waals surface area contributed by atoms with E-state index in [-0.39, 0.29) is 54.0 Å². The molecule has 63 heavy (non-hydrogen) atoms. The van der Waals surface area contributed by atoms with Crippen LogP contribution in [-0.4, -0.2) is 64.6 Å². The van der Waals surface area contributed by atoms with Crippen LogP contribution in [0.2, 0.25) is 0 Å². The molecule has 3 fully saturated rings. The van der Waals surface area contributed by atoms with Crippen LogP contribution in [0, 0.1) is 23.7 Å². The van der Waals surface area contributed by atoms with Gasteiger partial charge in [0.15, 0.2) is 11.5 Å². The van der Waals surface area contributed by atoms with Crippen LogP contribution in [0.5, 0.6) is 28.7 Å². The summed E-state index contributed by atoms with van der Waals surface area (Å²) in [6.45, 7) is 1.54. The quantitative estimate of drug-likeness (QED) is 0.0886. The Balaban J connectivity index is 1.13. The Hall–Kier alpha value is -4.96. The first kappa shape index (κ1) is 40.8. The number of fused-ring (bicyclic) bond motifs is 12. The largest absolute Gasteiger partial charge is 0.508 e. The lowest BCUT2D eigenvalue weighted by atomic mass is 9.65. The van der Waals surface area contributed by atoms with E-state index in [0.29, 0.717) is 47.3 Å². The molecule has 10 nitrogen and oxygen atoms in total. The van der Waals surface area contributed by atoms with Crippen LogP contribution in [0.1, 0.15) is 109 Å². The summed E-state index contributed by atoms with van der Waals surface area (Å²) in [4.78, 5) is 17.4. The van der Waals surface area contributed by atoms with Crippen molar-refractivity contribution in [1.82, 2.24) is 10.3 Å². The lowest BCUT2D eigenvalue weighted by Gasteiger charge is -2.39. The van der Waals surface area contributed by atoms with Gasteiger partial charge < -0.3 is 40.2 Å². The summed E-state index contributed by atoms with van der Waals surface area (Å²) in [5.74, 6) is 11.5. The number of anilines is 1. The highest BCUT2D eigenvalue weighted by molar-refractivity contribution is 8.76. The van der Waals surface area contributed by atoms with E-state index in [9.17, 15) is 15.0 Å². The fourth-order valence-electron chi connectivity index (χ4n) is 12.1. The lowest BCUT2D eigenvalue weighted by molar-refractivity contribution is -0.141. The molecular weight excluding hydrogens is 831 g/mol. The van der Waals surface area contributed by atoms with Crippen molar-refractivity contribution in [2.45, 2.75) is 107 Å². The normalized spacial score (nSPS) is 28.6. The first-order valence-electron chi connectivity index (χ1n) is 22.5. The van der Waals surface area contributed by atoms with Crippen molar-refractivity contribution in [3.63, 3.8) is 0 Å². The highest BCUT2D eigenvalue weighted by atomic mass is 33.1. The molecule has 4 aliphatic heterocycles. The Morgan fingerprint density at radius 3 is 2.79 bits per heavy atom. The Morgan fingerprint density at radius 1 is 1.03 bits per heavy atom. The van der Waals surface area contributed by atoms with Crippen LogP contribution in [0.4, 0.5) is 5.82 Å². The lowest BCUT2D eigenvalue weighted by Crippen LogP contribution is -2.49. The van der Waals surface area contributed by atoms with E-state index in [0.717, 1.165) is 106 Å². The first-order chi connectivity index (χ1) is 30.6. The van der Waals surface area contributed by atoms with Gasteiger partial charge in [-0.3, -0.25) is 4.79 Å². The zero-order valence-corrected chi connectivity index (χ0v) is 37.3. The van der Waals surface area contributed by atoms with Gasteiger partial charge in [-0.15, -0.1) is 0 Å². The van der Waals surface area contributed by atoms with Gasteiger partial charge in [0.2, 0.25) is 0 Å². The number of carbonyl (C=O) groups excluding carboxylic acids is 1. The van der Waals surface area contributed by atoms with E-state index in [4.69, 9.17) is 29.7 Å². The minimum Gasteiger partial charge on any atom is -0.508 e. The topological polar surface area (TPSA) is 145 Å². The summed E-state index contributed by atoms with van der Waals surface area (Å²) < 4.78 is 26.5. The number of carbonyl (C=O) groups is 1. The molecule has 0 amide bonds. The van der Waals surface area contributed by atoms with Gasteiger partial charge in [0, 0.05) is 70.2 Å². The maximum Gasteiger partial charge on any atom is 0.302 e. The molecule has 6 bridgehead atoms. The van der Waals surface area contributed by atoms with Crippen LogP contribution in [-0.2, 0) is 34.2 Å². The fraction of sp³-hybridized carbons (Fsp3) is 0.451. The molecule has 4 aromatic rings. The summed E-state index contributed by atoms with van der Waals surface area (Å²) in [6.07, 6.45) is 12.8. The molecule has 7 aliphatic rings. The third-order valence-electron chi connectivity index (χ3n) is 14.8. The highest BCUT2D eigenvalue weighted by Crippen LogP contribution is 2.63. The summed E-state index contributed by atoms with van der Waals surface area (Å²) in [7, 11) is 5.43. The number of hydrogen-bond donors (Lipinski definition) is 4. The number of aromatic nitrogens is 1. The van der Waals surface area contributed by atoms with Crippen LogP contribution >= 0.6 is 21.6 Å². The van der Waals surface area contributed by atoms with Crippen molar-refractivity contribution in [3.8, 4) is 51.7 Å². The van der Waals surface area contributed by atoms with E-state index in [1.54, 1.807) is 19.2 Å². The predicted octanol–water partition coefficient (Wildman–Crippen LogP) is 8.96. The Kier molecular flexibility index (Phi) is 10.5. The number of benzene rings is 3. The molecule has 0 radical (unpaired) electrons. The molecular formula is C51H53N3O7S2. The minimum absolute atomic E-state index is 0.0525. The van der Waals surface area contributed by atoms with Crippen molar-refractivity contribution in [2.24, 2.45) is 11.8 Å². The Morgan fingerprint density at radius 2 is 1.92 bits per heavy atom. The molecule has 3 aromatic carbocycles. The zero-order valence-electron chi connectivity index (χ0n) is 35.7. The minimum atomic E-state index is -0.622. The molecule has 5 N–H and O–H groups in total. The molecule has 1 spiro atoms. The number of nitrogen functional groups attached to an aromatic ring is 1. The molecule has 5 heterocycles. The van der Waals surface area contributed by atoms with E-state index >= 15 is 0 Å². The van der Waals surface area contributed by atoms with Gasteiger partial charge in [0.1, 0.15) is 47.6 Å². The second-order valence-corrected chi connectivity index (χ2v) is 21.3. The highest BCUT2D eigenvalue weighted by Gasteiger charge is 2.51. The number of phenolic OH excluding ortho intramolecular Hbond substituents is 2. The third kappa shape index (κ3) is 7.28. The molecule has 8 atom stereocenters. The summed E-state index contributed by atoms with van der Waals surface area (Å²) in [5.41, 5.74) is 15.3. The number of esters is 1. The van der Waals surface area contributed by atoms with E-state index in [1.807, 2.05) is 33.7 Å². The van der Waals surface area contributed by atoms with Gasteiger partial charge in [0.25, 0.3) is 0 Å². The van der Waals surface area contributed by atoms with Crippen molar-refractivity contribution < 1.29 is 34.0 Å². The number of methoxy groups -OCH3 is 1. The molecule has 8 unspecified atom stereocenters.